The van der Waals surface area contributed by atoms with Gasteiger partial charge in [-0.3, -0.25) is 0 Å². The van der Waals surface area contributed by atoms with Crippen molar-refractivity contribution >= 4 is 60.9 Å². The number of hydrogen-bond acceptors (Lipinski definition) is 3. The summed E-state index contributed by atoms with van der Waals surface area (Å²) in [6.45, 7) is 18.4. The third-order valence-corrected chi connectivity index (χ3v) is 16.7. The van der Waals surface area contributed by atoms with E-state index >= 15 is 0 Å². The Morgan fingerprint density at radius 3 is 1.25 bits per heavy atom. The molecule has 2 aliphatic carbocycles. The molecule has 0 amide bonds. The van der Waals surface area contributed by atoms with Crippen LogP contribution in [-0.4, -0.2) is 0 Å². The monoisotopic (exact) mass is 941 g/mol. The molecule has 14 rings (SSSR count). The summed E-state index contributed by atoms with van der Waals surface area (Å²) in [6.07, 6.45) is 0. The first-order valence-corrected chi connectivity index (χ1v) is 25.7. The maximum atomic E-state index is 6.90. The lowest BCUT2D eigenvalue weighted by molar-refractivity contribution is 0.657. The van der Waals surface area contributed by atoms with Crippen LogP contribution in [0, 0.1) is 27.7 Å². The molecule has 352 valence electrons. The Morgan fingerprint density at radius 1 is 0.342 bits per heavy atom. The van der Waals surface area contributed by atoms with Crippen LogP contribution in [0.1, 0.15) is 72.2 Å². The Labute approximate surface area is 427 Å². The second-order valence-electron chi connectivity index (χ2n) is 21.9. The van der Waals surface area contributed by atoms with Crippen LogP contribution < -0.4 is 4.90 Å². The van der Waals surface area contributed by atoms with Gasteiger partial charge in [0.1, 0.15) is 22.3 Å². The van der Waals surface area contributed by atoms with E-state index in [1.54, 1.807) is 0 Å². The van der Waals surface area contributed by atoms with Gasteiger partial charge >= 0.3 is 0 Å². The van der Waals surface area contributed by atoms with Crippen LogP contribution in [0.25, 0.3) is 99.5 Å². The van der Waals surface area contributed by atoms with Crippen molar-refractivity contribution in [1.29, 1.82) is 0 Å². The maximum absolute atomic E-state index is 6.90. The smallest absolute Gasteiger partial charge is 0.143 e. The summed E-state index contributed by atoms with van der Waals surface area (Å²) in [6, 6.07) is 69.7. The van der Waals surface area contributed by atoms with Crippen molar-refractivity contribution in [3.63, 3.8) is 0 Å². The van der Waals surface area contributed by atoms with Crippen LogP contribution in [0.4, 0.5) is 17.1 Å². The van der Waals surface area contributed by atoms with Crippen LogP contribution in [0.2, 0.25) is 0 Å². The van der Waals surface area contributed by atoms with E-state index in [1.807, 2.05) is 0 Å². The highest BCUT2D eigenvalue weighted by atomic mass is 16.3. The number of para-hydroxylation sites is 2. The summed E-state index contributed by atoms with van der Waals surface area (Å²) in [7, 11) is 0. The van der Waals surface area contributed by atoms with E-state index in [9.17, 15) is 0 Å². The van der Waals surface area contributed by atoms with Crippen LogP contribution in [0.3, 0.4) is 0 Å². The number of rotatable bonds is 6. The normalized spacial score (nSPS) is 14.0. The van der Waals surface area contributed by atoms with Gasteiger partial charge in [-0.15, -0.1) is 0 Å². The molecule has 0 aliphatic heterocycles. The highest BCUT2D eigenvalue weighted by Gasteiger charge is 2.41. The van der Waals surface area contributed by atoms with Gasteiger partial charge in [-0.1, -0.05) is 166 Å². The third-order valence-electron chi connectivity index (χ3n) is 16.7. The molecule has 0 spiro atoms. The highest BCUT2D eigenvalue weighted by molar-refractivity contribution is 6.20. The topological polar surface area (TPSA) is 29.5 Å². The minimum absolute atomic E-state index is 0.323. The second-order valence-corrected chi connectivity index (χ2v) is 21.9. The third kappa shape index (κ3) is 6.31. The fourth-order valence-electron chi connectivity index (χ4n) is 12.8. The fourth-order valence-corrected chi connectivity index (χ4v) is 12.8. The molecule has 12 aromatic rings. The minimum atomic E-state index is -0.323. The molecule has 0 N–H and O–H groups in total. The zero-order valence-corrected chi connectivity index (χ0v) is 42.7. The van der Waals surface area contributed by atoms with Crippen LogP contribution in [-0.2, 0) is 10.8 Å². The van der Waals surface area contributed by atoms with Gasteiger partial charge in [0, 0.05) is 60.6 Å². The highest BCUT2D eigenvalue weighted by Crippen LogP contribution is 2.59. The number of hydrogen-bond donors (Lipinski definition) is 0. The Kier molecular flexibility index (Phi) is 9.24. The molecular formula is C70H55NO2. The molecule has 2 aliphatic rings. The molecule has 0 unspecified atom stereocenters. The van der Waals surface area contributed by atoms with Crippen molar-refractivity contribution in [2.45, 2.75) is 66.2 Å². The molecule has 0 bridgehead atoms. The van der Waals surface area contributed by atoms with Crippen LogP contribution in [0.5, 0.6) is 0 Å². The SMILES string of the molecule is Cc1ccc(C)c(-c2cc3c(c4c2oc2ccccc24)-c2ccc(N(c4ccc(-c5ccccc5)cc4)c4ccc5c(c4)C(C)(C)c4cc(-c6cc(C)ccc6C)c6oc7ccccc7c6c4-5)cc2C3(C)C)c1. The minimum Gasteiger partial charge on any atom is -0.455 e. The number of furan rings is 2. The van der Waals surface area contributed by atoms with Crippen molar-refractivity contribution in [3.05, 3.63) is 233 Å². The van der Waals surface area contributed by atoms with Gasteiger partial charge in [0.25, 0.3) is 0 Å². The van der Waals surface area contributed by atoms with E-state index in [-0.39, 0.29) is 10.8 Å². The summed E-state index contributed by atoms with van der Waals surface area (Å²) in [5.74, 6) is 0. The van der Waals surface area contributed by atoms with E-state index < -0.39 is 0 Å². The standard InChI is InChI=1S/C70H55NO2/c1-40-22-24-42(3)53(34-40)55-38-59-63(65-51-18-12-14-20-61(51)72-67(55)65)49-32-30-47(36-57(49)69(59,5)6)71(46-28-26-45(27-29-46)44-16-10-9-11-17-44)48-31-33-50-58(37-48)70(7,8)60-39-56(54-35-41(2)23-25-43(54)4)68-66(64(50)60)52-19-13-15-21-62(52)73-68/h9-39H,1-8H3. The number of anilines is 3. The van der Waals surface area contributed by atoms with E-state index in [2.05, 4.69) is 248 Å². The average Bonchev–Trinajstić information content (AvgIpc) is 4.12. The quantitative estimate of drug-likeness (QED) is 0.166. The van der Waals surface area contributed by atoms with Gasteiger partial charge in [0.05, 0.1) is 0 Å². The second kappa shape index (κ2) is 15.6. The number of nitrogens with zero attached hydrogens (tertiary/aromatic N) is 1. The summed E-state index contributed by atoms with van der Waals surface area (Å²) in [4.78, 5) is 2.47. The zero-order chi connectivity index (χ0) is 49.7. The van der Waals surface area contributed by atoms with E-state index in [0.717, 1.165) is 61.3 Å². The Hall–Kier alpha value is -8.40. The lowest BCUT2D eigenvalue weighted by atomic mass is 9.80. The Balaban J connectivity index is 0.975. The molecule has 2 aromatic heterocycles. The Bertz CT molecular complexity index is 4060. The number of aryl methyl sites for hydroxylation is 4. The summed E-state index contributed by atoms with van der Waals surface area (Å²) < 4.78 is 13.8. The van der Waals surface area contributed by atoms with Gasteiger partial charge in [-0.2, -0.15) is 0 Å². The van der Waals surface area contributed by atoms with Gasteiger partial charge in [-0.25, -0.2) is 0 Å². The van der Waals surface area contributed by atoms with E-state index in [4.69, 9.17) is 8.83 Å². The number of benzene rings is 10. The summed E-state index contributed by atoms with van der Waals surface area (Å²) >= 11 is 0. The molecule has 10 aromatic carbocycles. The summed E-state index contributed by atoms with van der Waals surface area (Å²) in [5, 5.41) is 4.69. The van der Waals surface area contributed by atoms with Gasteiger partial charge in [0.15, 0.2) is 0 Å². The van der Waals surface area contributed by atoms with Crippen molar-refractivity contribution in [1.82, 2.24) is 0 Å². The first-order chi connectivity index (χ1) is 35.3. The lowest BCUT2D eigenvalue weighted by Gasteiger charge is -2.30. The van der Waals surface area contributed by atoms with Crippen molar-refractivity contribution < 1.29 is 8.83 Å². The van der Waals surface area contributed by atoms with Crippen molar-refractivity contribution in [2.24, 2.45) is 0 Å². The van der Waals surface area contributed by atoms with Gasteiger partial charge in [-0.05, 0) is 166 Å². The molecular weight excluding hydrogens is 887 g/mol. The average molecular weight is 942 g/mol. The van der Waals surface area contributed by atoms with E-state index in [1.165, 1.54) is 99.8 Å². The molecule has 2 heterocycles. The molecule has 0 atom stereocenters. The van der Waals surface area contributed by atoms with E-state index in [0.29, 0.717) is 0 Å². The van der Waals surface area contributed by atoms with Crippen molar-refractivity contribution in [3.8, 4) is 55.6 Å². The fraction of sp³-hybridized carbons (Fsp3) is 0.143. The predicted octanol–water partition coefficient (Wildman–Crippen LogP) is 19.8. The first kappa shape index (κ1) is 43.4. The van der Waals surface area contributed by atoms with Crippen molar-refractivity contribution in [2.75, 3.05) is 4.90 Å². The molecule has 3 heteroatoms. The molecule has 0 fully saturated rings. The zero-order valence-electron chi connectivity index (χ0n) is 42.7. The van der Waals surface area contributed by atoms with Crippen LogP contribution >= 0.6 is 0 Å². The first-order valence-electron chi connectivity index (χ1n) is 25.7. The molecule has 0 radical (unpaired) electrons. The maximum Gasteiger partial charge on any atom is 0.143 e. The largest absolute Gasteiger partial charge is 0.455 e. The Morgan fingerprint density at radius 2 is 0.767 bits per heavy atom. The van der Waals surface area contributed by atoms with Gasteiger partial charge in [0.2, 0.25) is 0 Å². The molecule has 3 nitrogen and oxygen atoms in total. The lowest BCUT2D eigenvalue weighted by Crippen LogP contribution is -2.18. The molecule has 0 saturated carbocycles. The molecule has 73 heavy (non-hydrogen) atoms. The molecule has 0 saturated heterocycles. The number of fused-ring (bicyclic) bond motifs is 14. The van der Waals surface area contributed by atoms with Crippen LogP contribution in [0.15, 0.2) is 197 Å². The predicted molar refractivity (Wildman–Crippen MR) is 306 cm³/mol. The summed E-state index contributed by atoms with van der Waals surface area (Å²) in [5.41, 5.74) is 28.8. The van der Waals surface area contributed by atoms with Gasteiger partial charge < -0.3 is 13.7 Å².